The molecule has 0 aromatic heterocycles. The molecule has 0 aliphatic heterocycles. The Morgan fingerprint density at radius 1 is 1.31 bits per heavy atom. The smallest absolute Gasteiger partial charge is 0.423 e. The Morgan fingerprint density at radius 2 is 1.92 bits per heavy atom. The Morgan fingerprint density at radius 3 is 2.38 bits per heavy atom. The van der Waals surface area contributed by atoms with Gasteiger partial charge in [-0.3, -0.25) is 0 Å². The summed E-state index contributed by atoms with van der Waals surface area (Å²) in [6, 6.07) is 7.03. The van der Waals surface area contributed by atoms with E-state index in [0.717, 1.165) is 4.90 Å². The Kier molecular flexibility index (Phi) is 4.31. The summed E-state index contributed by atoms with van der Waals surface area (Å²) in [6.07, 6.45) is 0. The molecule has 1 aromatic rings. The van der Waals surface area contributed by atoms with Gasteiger partial charge in [0.2, 0.25) is 0 Å². The van der Waals surface area contributed by atoms with E-state index in [-0.39, 0.29) is 0 Å². The number of thioether (sulfide) groups is 1. The maximum Gasteiger partial charge on any atom is 0.488 e. The van der Waals surface area contributed by atoms with Crippen LogP contribution in [0.15, 0.2) is 29.2 Å². The van der Waals surface area contributed by atoms with Crippen molar-refractivity contribution in [1.82, 2.24) is 0 Å². The van der Waals surface area contributed by atoms with Gasteiger partial charge in [0.15, 0.2) is 0 Å². The summed E-state index contributed by atoms with van der Waals surface area (Å²) in [7, 11) is 0.250. The van der Waals surface area contributed by atoms with Crippen LogP contribution in [-0.4, -0.2) is 30.2 Å². The highest BCUT2D eigenvalue weighted by molar-refractivity contribution is 7.99. The van der Waals surface area contributed by atoms with Crippen molar-refractivity contribution in [3.8, 4) is 0 Å². The monoisotopic (exact) mass is 198 g/mol. The molecule has 0 fully saturated rings. The number of rotatable bonds is 4. The second kappa shape index (κ2) is 5.29. The van der Waals surface area contributed by atoms with E-state index in [9.17, 15) is 0 Å². The minimum atomic E-state index is -1.39. The highest BCUT2D eigenvalue weighted by Crippen LogP contribution is 2.15. The summed E-state index contributed by atoms with van der Waals surface area (Å²) in [6.45, 7) is 0. The lowest BCUT2D eigenvalue weighted by Gasteiger charge is -2.02. The fourth-order valence-corrected chi connectivity index (χ4v) is 1.45. The zero-order valence-electron chi connectivity index (χ0n) is 7.30. The van der Waals surface area contributed by atoms with Gasteiger partial charge < -0.3 is 14.8 Å². The largest absolute Gasteiger partial charge is 0.488 e. The van der Waals surface area contributed by atoms with Crippen LogP contribution in [-0.2, 0) is 4.74 Å². The predicted molar refractivity (Wildman–Crippen MR) is 54.0 cm³/mol. The molecule has 0 saturated heterocycles. The van der Waals surface area contributed by atoms with Gasteiger partial charge in [0.1, 0.15) is 0 Å². The van der Waals surface area contributed by atoms with Gasteiger partial charge >= 0.3 is 7.12 Å². The van der Waals surface area contributed by atoms with E-state index >= 15 is 0 Å². The number of hydrogen-bond donors (Lipinski definition) is 2. The molecular formula is C8H11BO3S. The molecule has 0 unspecified atom stereocenters. The number of methoxy groups -OCH3 is 1. The van der Waals surface area contributed by atoms with Gasteiger partial charge in [-0.1, -0.05) is 23.9 Å². The normalized spacial score (nSPS) is 10.1. The van der Waals surface area contributed by atoms with Crippen LogP contribution in [0.25, 0.3) is 0 Å². The first kappa shape index (κ1) is 10.6. The second-order valence-electron chi connectivity index (χ2n) is 2.49. The van der Waals surface area contributed by atoms with Gasteiger partial charge in [0.25, 0.3) is 0 Å². The average Bonchev–Trinajstić information content (AvgIpc) is 2.15. The van der Waals surface area contributed by atoms with Gasteiger partial charge in [-0.2, -0.15) is 0 Å². The number of benzene rings is 1. The van der Waals surface area contributed by atoms with Crippen molar-refractivity contribution in [3.63, 3.8) is 0 Å². The Balaban J connectivity index is 2.59. The van der Waals surface area contributed by atoms with Crippen molar-refractivity contribution in [2.45, 2.75) is 4.90 Å². The molecule has 0 spiro atoms. The predicted octanol–water partition coefficient (Wildman–Crippen LogP) is 0.0624. The zero-order chi connectivity index (χ0) is 9.68. The summed E-state index contributed by atoms with van der Waals surface area (Å²) < 4.78 is 4.89. The quantitative estimate of drug-likeness (QED) is 0.408. The summed E-state index contributed by atoms with van der Waals surface area (Å²) in [5.74, 6) is 0.598. The van der Waals surface area contributed by atoms with E-state index in [1.165, 1.54) is 0 Å². The third-order valence-corrected chi connectivity index (χ3v) is 2.48. The Labute approximate surface area is 81.9 Å². The van der Waals surface area contributed by atoms with Gasteiger partial charge in [-0.05, 0) is 17.6 Å². The molecule has 1 rings (SSSR count). The van der Waals surface area contributed by atoms with Gasteiger partial charge in [0, 0.05) is 12.0 Å². The highest BCUT2D eigenvalue weighted by atomic mass is 32.2. The maximum absolute atomic E-state index is 8.81. The molecule has 2 N–H and O–H groups in total. The van der Waals surface area contributed by atoms with E-state index in [0.29, 0.717) is 11.4 Å². The van der Waals surface area contributed by atoms with Crippen molar-refractivity contribution >= 4 is 24.3 Å². The van der Waals surface area contributed by atoms with Crippen LogP contribution in [0, 0.1) is 0 Å². The lowest BCUT2D eigenvalue weighted by Crippen LogP contribution is -2.29. The SMILES string of the molecule is COCSc1ccc(B(O)O)cc1. The third kappa shape index (κ3) is 3.40. The van der Waals surface area contributed by atoms with Gasteiger partial charge in [-0.15, -0.1) is 0 Å². The molecule has 0 amide bonds. The van der Waals surface area contributed by atoms with Crippen molar-refractivity contribution < 1.29 is 14.8 Å². The minimum Gasteiger partial charge on any atom is -0.423 e. The first-order valence-electron chi connectivity index (χ1n) is 3.82. The molecule has 0 aliphatic rings. The second-order valence-corrected chi connectivity index (χ2v) is 3.49. The molecule has 70 valence electrons. The van der Waals surface area contributed by atoms with Crippen LogP contribution in [0.4, 0.5) is 0 Å². The van der Waals surface area contributed by atoms with E-state index in [4.69, 9.17) is 14.8 Å². The molecule has 1 aromatic carbocycles. The summed E-state index contributed by atoms with van der Waals surface area (Å²) in [4.78, 5) is 1.05. The fraction of sp³-hybridized carbons (Fsp3) is 0.250. The molecule has 0 radical (unpaired) electrons. The lowest BCUT2D eigenvalue weighted by atomic mass is 9.81. The van der Waals surface area contributed by atoms with Gasteiger partial charge in [0.05, 0.1) is 5.94 Å². The fourth-order valence-electron chi connectivity index (χ4n) is 0.863. The first-order valence-corrected chi connectivity index (χ1v) is 4.80. The summed E-state index contributed by atoms with van der Waals surface area (Å²) >= 11 is 1.56. The molecule has 5 heteroatoms. The highest BCUT2D eigenvalue weighted by Gasteiger charge is 2.09. The van der Waals surface area contributed by atoms with Crippen LogP contribution in [0.1, 0.15) is 0 Å². The summed E-state index contributed by atoms with van der Waals surface area (Å²) in [5.41, 5.74) is 0.502. The van der Waals surface area contributed by atoms with Crippen LogP contribution >= 0.6 is 11.8 Å². The molecule has 0 bridgehead atoms. The number of ether oxygens (including phenoxy) is 1. The molecule has 13 heavy (non-hydrogen) atoms. The van der Waals surface area contributed by atoms with Crippen molar-refractivity contribution in [3.05, 3.63) is 24.3 Å². The molecule has 0 aliphatic carbocycles. The van der Waals surface area contributed by atoms with Gasteiger partial charge in [-0.25, -0.2) is 0 Å². The lowest BCUT2D eigenvalue weighted by molar-refractivity contribution is 0.259. The molecule has 0 heterocycles. The molecule has 3 nitrogen and oxygen atoms in total. The maximum atomic E-state index is 8.81. The molecule has 0 saturated carbocycles. The van der Waals surface area contributed by atoms with Crippen LogP contribution in [0.3, 0.4) is 0 Å². The van der Waals surface area contributed by atoms with Crippen molar-refractivity contribution in [1.29, 1.82) is 0 Å². The molecular weight excluding hydrogens is 187 g/mol. The summed E-state index contributed by atoms with van der Waals surface area (Å²) in [5, 5.41) is 17.6. The van der Waals surface area contributed by atoms with Crippen molar-refractivity contribution in [2.24, 2.45) is 0 Å². The minimum absolute atomic E-state index is 0.502. The first-order chi connectivity index (χ1) is 6.24. The van der Waals surface area contributed by atoms with E-state index < -0.39 is 7.12 Å². The third-order valence-electron chi connectivity index (χ3n) is 1.52. The van der Waals surface area contributed by atoms with Crippen LogP contribution in [0.5, 0.6) is 0 Å². The van der Waals surface area contributed by atoms with Crippen LogP contribution < -0.4 is 5.46 Å². The zero-order valence-corrected chi connectivity index (χ0v) is 8.12. The number of hydrogen-bond acceptors (Lipinski definition) is 4. The standard InChI is InChI=1S/C8H11BO3S/c1-12-6-13-8-4-2-7(3-5-8)9(10)11/h2-5,10-11H,6H2,1H3. The molecule has 0 atom stereocenters. The van der Waals surface area contributed by atoms with Crippen molar-refractivity contribution in [2.75, 3.05) is 13.0 Å². The topological polar surface area (TPSA) is 49.7 Å². The van der Waals surface area contributed by atoms with Crippen LogP contribution in [0.2, 0.25) is 0 Å². The Bertz CT molecular complexity index is 250. The van der Waals surface area contributed by atoms with E-state index in [2.05, 4.69) is 0 Å². The Hall–Kier alpha value is -0.485. The average molecular weight is 198 g/mol. The van der Waals surface area contributed by atoms with E-state index in [1.807, 2.05) is 12.1 Å². The van der Waals surface area contributed by atoms with E-state index in [1.54, 1.807) is 31.0 Å².